The average Bonchev–Trinajstić information content (AvgIpc) is 2.82. The largest absolute Gasteiger partial charge is 0.477 e. The van der Waals surface area contributed by atoms with Crippen molar-refractivity contribution in [2.24, 2.45) is 0 Å². The van der Waals surface area contributed by atoms with Crippen LogP contribution in [0.3, 0.4) is 0 Å². The number of ether oxygens (including phenoxy) is 2. The summed E-state index contributed by atoms with van der Waals surface area (Å²) in [5, 5.41) is 11.9. The summed E-state index contributed by atoms with van der Waals surface area (Å²) in [5.41, 5.74) is 8.94. The van der Waals surface area contributed by atoms with Gasteiger partial charge in [0.1, 0.15) is 17.3 Å². The van der Waals surface area contributed by atoms with Crippen molar-refractivity contribution >= 4 is 17.6 Å². The van der Waals surface area contributed by atoms with Crippen LogP contribution >= 0.6 is 0 Å². The lowest BCUT2D eigenvalue weighted by Crippen LogP contribution is -2.24. The maximum absolute atomic E-state index is 12.5. The van der Waals surface area contributed by atoms with Gasteiger partial charge in [0, 0.05) is 18.3 Å². The predicted octanol–water partition coefficient (Wildman–Crippen LogP) is 2.71. The summed E-state index contributed by atoms with van der Waals surface area (Å²) in [7, 11) is 1.33. The normalized spacial score (nSPS) is 10.2. The fourth-order valence-corrected chi connectivity index (χ4v) is 2.88. The summed E-state index contributed by atoms with van der Waals surface area (Å²) < 4.78 is 10.0. The maximum atomic E-state index is 12.5. The lowest BCUT2D eigenvalue weighted by molar-refractivity contribution is 0.0600. The van der Waals surface area contributed by atoms with Crippen molar-refractivity contribution in [3.63, 3.8) is 0 Å². The number of esters is 1. The van der Waals surface area contributed by atoms with Crippen molar-refractivity contribution < 1.29 is 19.1 Å². The number of nitrogens with zero attached hydrogens (tertiary/aromatic N) is 3. The van der Waals surface area contributed by atoms with Crippen LogP contribution in [0.2, 0.25) is 0 Å². The number of nitrogen functional groups attached to an aromatic ring is 1. The minimum absolute atomic E-state index is 0.0318. The first-order chi connectivity index (χ1) is 15.5. The van der Waals surface area contributed by atoms with E-state index in [4.69, 9.17) is 15.2 Å². The SMILES string of the molecule is CCOc1nc(C(=O)NCc2ccc(-c3ccc(C(=O)OC)cc3)nc2)cc(N)c1C#N. The molecule has 32 heavy (non-hydrogen) atoms. The third-order valence-electron chi connectivity index (χ3n) is 4.52. The van der Waals surface area contributed by atoms with E-state index in [1.165, 1.54) is 13.2 Å². The van der Waals surface area contributed by atoms with Crippen molar-refractivity contribution in [1.82, 2.24) is 15.3 Å². The van der Waals surface area contributed by atoms with Crippen molar-refractivity contribution in [3.05, 3.63) is 71.0 Å². The molecular formula is C23H21N5O4. The number of nitriles is 1. The molecule has 0 aliphatic rings. The highest BCUT2D eigenvalue weighted by Gasteiger charge is 2.16. The van der Waals surface area contributed by atoms with E-state index < -0.39 is 11.9 Å². The van der Waals surface area contributed by atoms with E-state index >= 15 is 0 Å². The molecule has 0 saturated carbocycles. The fraction of sp³-hybridized carbons (Fsp3) is 0.174. The summed E-state index contributed by atoms with van der Waals surface area (Å²) in [6.07, 6.45) is 1.65. The van der Waals surface area contributed by atoms with Gasteiger partial charge < -0.3 is 20.5 Å². The Morgan fingerprint density at radius 1 is 1.19 bits per heavy atom. The molecule has 9 heteroatoms. The van der Waals surface area contributed by atoms with Crippen LogP contribution in [0.15, 0.2) is 48.7 Å². The van der Waals surface area contributed by atoms with Gasteiger partial charge in [0.15, 0.2) is 0 Å². The van der Waals surface area contributed by atoms with Crippen molar-refractivity contribution in [3.8, 4) is 23.2 Å². The summed E-state index contributed by atoms with van der Waals surface area (Å²) >= 11 is 0. The van der Waals surface area contributed by atoms with Gasteiger partial charge in [-0.15, -0.1) is 0 Å². The second-order valence-electron chi connectivity index (χ2n) is 6.62. The van der Waals surface area contributed by atoms with Crippen LogP contribution in [0.5, 0.6) is 5.88 Å². The Bertz CT molecular complexity index is 1170. The second kappa shape index (κ2) is 10.0. The topological polar surface area (TPSA) is 140 Å². The summed E-state index contributed by atoms with van der Waals surface area (Å²) in [6.45, 7) is 2.25. The van der Waals surface area contributed by atoms with Crippen LogP contribution in [-0.2, 0) is 11.3 Å². The number of hydrogen-bond acceptors (Lipinski definition) is 8. The number of nitrogens with one attached hydrogen (secondary N) is 1. The van der Waals surface area contributed by atoms with Crippen LogP contribution in [-0.4, -0.2) is 35.6 Å². The summed E-state index contributed by atoms with van der Waals surface area (Å²) in [6, 6.07) is 13.8. The number of carbonyl (C=O) groups excluding carboxylic acids is 2. The minimum Gasteiger partial charge on any atom is -0.477 e. The first kappa shape index (κ1) is 22.2. The molecule has 3 N–H and O–H groups in total. The first-order valence-corrected chi connectivity index (χ1v) is 9.72. The van der Waals surface area contributed by atoms with Crippen LogP contribution in [0.25, 0.3) is 11.3 Å². The van der Waals surface area contributed by atoms with E-state index in [1.807, 2.05) is 18.2 Å². The lowest BCUT2D eigenvalue weighted by Gasteiger charge is -2.10. The first-order valence-electron chi connectivity index (χ1n) is 9.72. The van der Waals surface area contributed by atoms with Gasteiger partial charge in [-0.1, -0.05) is 18.2 Å². The van der Waals surface area contributed by atoms with Gasteiger partial charge in [0.2, 0.25) is 5.88 Å². The number of aromatic nitrogens is 2. The molecule has 0 radical (unpaired) electrons. The number of methoxy groups -OCH3 is 1. The fourth-order valence-electron chi connectivity index (χ4n) is 2.88. The number of rotatable bonds is 7. The number of hydrogen-bond donors (Lipinski definition) is 2. The van der Waals surface area contributed by atoms with E-state index in [0.717, 1.165) is 16.8 Å². The predicted molar refractivity (Wildman–Crippen MR) is 117 cm³/mol. The molecule has 1 amide bonds. The highest BCUT2D eigenvalue weighted by molar-refractivity contribution is 5.93. The lowest BCUT2D eigenvalue weighted by atomic mass is 10.1. The molecule has 0 atom stereocenters. The molecule has 3 rings (SSSR count). The van der Waals surface area contributed by atoms with E-state index in [9.17, 15) is 14.9 Å². The van der Waals surface area contributed by atoms with Crippen LogP contribution in [0, 0.1) is 11.3 Å². The zero-order valence-corrected chi connectivity index (χ0v) is 17.6. The Morgan fingerprint density at radius 3 is 2.53 bits per heavy atom. The highest BCUT2D eigenvalue weighted by atomic mass is 16.5. The number of anilines is 1. The van der Waals surface area contributed by atoms with Gasteiger partial charge in [0.05, 0.1) is 30.7 Å². The second-order valence-corrected chi connectivity index (χ2v) is 6.62. The molecule has 9 nitrogen and oxygen atoms in total. The van der Waals surface area contributed by atoms with Crippen LogP contribution in [0.1, 0.15) is 38.9 Å². The van der Waals surface area contributed by atoms with Gasteiger partial charge in [-0.3, -0.25) is 9.78 Å². The molecule has 162 valence electrons. The van der Waals surface area contributed by atoms with E-state index in [-0.39, 0.29) is 36.0 Å². The molecule has 1 aromatic carbocycles. The third-order valence-corrected chi connectivity index (χ3v) is 4.52. The monoisotopic (exact) mass is 431 g/mol. The zero-order chi connectivity index (χ0) is 23.1. The molecule has 0 bridgehead atoms. The van der Waals surface area contributed by atoms with E-state index in [0.29, 0.717) is 5.56 Å². The van der Waals surface area contributed by atoms with Crippen molar-refractivity contribution in [2.75, 3.05) is 19.5 Å². The molecule has 0 unspecified atom stereocenters. The Labute approximate surface area is 184 Å². The molecule has 0 aliphatic carbocycles. The van der Waals surface area contributed by atoms with E-state index in [1.54, 1.807) is 37.4 Å². The molecule has 3 aromatic rings. The van der Waals surface area contributed by atoms with Gasteiger partial charge in [-0.2, -0.15) is 5.26 Å². The molecule has 2 heterocycles. The minimum atomic E-state index is -0.454. The maximum Gasteiger partial charge on any atom is 0.337 e. The summed E-state index contributed by atoms with van der Waals surface area (Å²) in [5.74, 6) is -0.823. The Balaban J connectivity index is 1.67. The van der Waals surface area contributed by atoms with Gasteiger partial charge in [-0.05, 0) is 36.8 Å². The number of nitrogens with two attached hydrogens (primary N) is 1. The van der Waals surface area contributed by atoms with Crippen LogP contribution < -0.4 is 15.8 Å². The number of carbonyl (C=O) groups is 2. The molecular weight excluding hydrogens is 410 g/mol. The zero-order valence-electron chi connectivity index (χ0n) is 17.6. The number of amides is 1. The van der Waals surface area contributed by atoms with Crippen molar-refractivity contribution in [2.45, 2.75) is 13.5 Å². The standard InChI is InChI=1S/C23H21N5O4/c1-3-32-22-17(11-24)18(25)10-20(28-22)21(29)27-13-14-4-9-19(26-12-14)15-5-7-16(8-6-15)23(30)31-2/h4-10,12H,3,13H2,1-2H3,(H2,25,28)(H,27,29). The highest BCUT2D eigenvalue weighted by Crippen LogP contribution is 2.23. The van der Waals surface area contributed by atoms with Gasteiger partial charge in [-0.25, -0.2) is 9.78 Å². The average molecular weight is 431 g/mol. The smallest absolute Gasteiger partial charge is 0.337 e. The quantitative estimate of drug-likeness (QED) is 0.544. The molecule has 0 fully saturated rings. The molecule has 0 saturated heterocycles. The van der Waals surface area contributed by atoms with Crippen LogP contribution in [0.4, 0.5) is 5.69 Å². The van der Waals surface area contributed by atoms with Gasteiger partial charge in [0.25, 0.3) is 5.91 Å². The Hall–Kier alpha value is -4.45. The number of benzene rings is 1. The van der Waals surface area contributed by atoms with Crippen molar-refractivity contribution in [1.29, 1.82) is 5.26 Å². The Kier molecular flexibility index (Phi) is 6.98. The summed E-state index contributed by atoms with van der Waals surface area (Å²) in [4.78, 5) is 32.5. The van der Waals surface area contributed by atoms with Gasteiger partial charge >= 0.3 is 5.97 Å². The number of pyridine rings is 2. The molecule has 0 spiro atoms. The molecule has 0 aliphatic heterocycles. The van der Waals surface area contributed by atoms with E-state index in [2.05, 4.69) is 15.3 Å². The molecule has 2 aromatic heterocycles. The Morgan fingerprint density at radius 2 is 1.94 bits per heavy atom. The third kappa shape index (κ3) is 4.99.